The van der Waals surface area contributed by atoms with Crippen LogP contribution in [0.5, 0.6) is 0 Å². The fraction of sp³-hybridized carbons (Fsp3) is 0.579. The molecule has 0 spiro atoms. The average Bonchev–Trinajstić information content (AvgIpc) is 2.83. The van der Waals surface area contributed by atoms with Gasteiger partial charge in [0.25, 0.3) is 0 Å². The number of hydrogen-bond donors (Lipinski definition) is 2. The van der Waals surface area contributed by atoms with E-state index in [1.807, 2.05) is 0 Å². The monoisotopic (exact) mass is 350 g/mol. The Bertz CT molecular complexity index is 601. The summed E-state index contributed by atoms with van der Waals surface area (Å²) in [4.78, 5) is 23.6. The van der Waals surface area contributed by atoms with Crippen LogP contribution in [0.3, 0.4) is 0 Å². The van der Waals surface area contributed by atoms with Crippen LogP contribution in [0.15, 0.2) is 35.5 Å². The highest BCUT2D eigenvalue weighted by Gasteiger charge is 2.39. The van der Waals surface area contributed by atoms with E-state index in [0.29, 0.717) is 24.0 Å². The van der Waals surface area contributed by atoms with Crippen LogP contribution < -0.4 is 0 Å². The second kappa shape index (κ2) is 8.45. The number of carbonyl (C=O) groups is 2. The van der Waals surface area contributed by atoms with Gasteiger partial charge in [-0.3, -0.25) is 4.79 Å². The molecule has 25 heavy (non-hydrogen) atoms. The molecule has 0 amide bonds. The molecule has 2 rings (SSSR count). The number of aliphatic hydroxyl groups is 2. The second-order valence-electron chi connectivity index (χ2n) is 6.82. The summed E-state index contributed by atoms with van der Waals surface area (Å²) >= 11 is 0. The van der Waals surface area contributed by atoms with Crippen LogP contribution in [0, 0.1) is 11.8 Å². The summed E-state index contributed by atoms with van der Waals surface area (Å²) in [6.07, 6.45) is 3.62. The topological polar surface area (TPSA) is 93.1 Å². The first-order valence-electron chi connectivity index (χ1n) is 8.57. The molecule has 0 aromatic carbocycles. The lowest BCUT2D eigenvalue weighted by atomic mass is 9.86. The van der Waals surface area contributed by atoms with Crippen LogP contribution in [0.2, 0.25) is 0 Å². The van der Waals surface area contributed by atoms with E-state index in [1.54, 1.807) is 26.0 Å². The lowest BCUT2D eigenvalue weighted by molar-refractivity contribution is -0.146. The normalized spacial score (nSPS) is 31.5. The first-order chi connectivity index (χ1) is 11.8. The van der Waals surface area contributed by atoms with Gasteiger partial charge in [0.15, 0.2) is 0 Å². The van der Waals surface area contributed by atoms with Crippen molar-refractivity contribution in [3.8, 4) is 0 Å². The smallest absolute Gasteiger partial charge is 0.334 e. The van der Waals surface area contributed by atoms with Crippen LogP contribution in [0.1, 0.15) is 33.1 Å². The molecule has 0 unspecified atom stereocenters. The van der Waals surface area contributed by atoms with Crippen LogP contribution in [0.4, 0.5) is 0 Å². The highest BCUT2D eigenvalue weighted by atomic mass is 16.6. The number of esters is 2. The summed E-state index contributed by atoms with van der Waals surface area (Å²) in [6.45, 7) is 7.19. The van der Waals surface area contributed by atoms with Crippen LogP contribution in [-0.2, 0) is 19.1 Å². The summed E-state index contributed by atoms with van der Waals surface area (Å²) < 4.78 is 10.7. The van der Waals surface area contributed by atoms with Gasteiger partial charge < -0.3 is 19.7 Å². The predicted octanol–water partition coefficient (Wildman–Crippen LogP) is 1.67. The first-order valence-corrected chi connectivity index (χ1v) is 8.57. The third kappa shape index (κ3) is 4.80. The molecule has 0 bridgehead atoms. The molecule has 0 radical (unpaired) electrons. The number of aliphatic hydroxyl groups excluding tert-OH is 2. The van der Waals surface area contributed by atoms with Gasteiger partial charge in [-0.2, -0.15) is 0 Å². The molecule has 0 aromatic heterocycles. The van der Waals surface area contributed by atoms with Gasteiger partial charge in [0, 0.05) is 11.5 Å². The quantitative estimate of drug-likeness (QED) is 0.455. The van der Waals surface area contributed by atoms with Crippen molar-refractivity contribution in [3.63, 3.8) is 0 Å². The summed E-state index contributed by atoms with van der Waals surface area (Å²) in [5, 5.41) is 19.8. The van der Waals surface area contributed by atoms with E-state index in [1.165, 1.54) is 0 Å². The largest absolute Gasteiger partial charge is 0.461 e. The van der Waals surface area contributed by atoms with Crippen molar-refractivity contribution >= 4 is 11.9 Å². The van der Waals surface area contributed by atoms with E-state index >= 15 is 0 Å². The summed E-state index contributed by atoms with van der Waals surface area (Å²) in [6, 6.07) is 0. The summed E-state index contributed by atoms with van der Waals surface area (Å²) in [5.41, 5.74) is 1.68. The molecular weight excluding hydrogens is 324 g/mol. The molecule has 1 saturated heterocycles. The molecule has 6 nitrogen and oxygen atoms in total. The van der Waals surface area contributed by atoms with E-state index in [2.05, 4.69) is 6.58 Å². The van der Waals surface area contributed by atoms with Crippen LogP contribution in [0.25, 0.3) is 0 Å². The van der Waals surface area contributed by atoms with Gasteiger partial charge in [-0.25, -0.2) is 4.79 Å². The van der Waals surface area contributed by atoms with Gasteiger partial charge in [0.1, 0.15) is 12.7 Å². The third-order valence-electron chi connectivity index (χ3n) is 4.58. The van der Waals surface area contributed by atoms with Crippen molar-refractivity contribution < 1.29 is 29.3 Å². The zero-order valence-electron chi connectivity index (χ0n) is 14.7. The van der Waals surface area contributed by atoms with Crippen LogP contribution >= 0.6 is 0 Å². The Labute approximate surface area is 147 Å². The van der Waals surface area contributed by atoms with Crippen LogP contribution in [-0.4, -0.2) is 47.6 Å². The molecule has 1 aliphatic heterocycles. The van der Waals surface area contributed by atoms with Gasteiger partial charge in [0.2, 0.25) is 0 Å². The molecule has 2 aliphatic rings. The lowest BCUT2D eigenvalue weighted by Gasteiger charge is -2.22. The van der Waals surface area contributed by atoms with E-state index in [-0.39, 0.29) is 37.4 Å². The van der Waals surface area contributed by atoms with Crippen molar-refractivity contribution in [2.75, 3.05) is 13.2 Å². The Hall–Kier alpha value is -1.92. The molecule has 2 N–H and O–H groups in total. The number of carbonyl (C=O) groups excluding carboxylic acids is 2. The molecule has 6 heteroatoms. The minimum absolute atomic E-state index is 0.134. The Morgan fingerprint density at radius 1 is 1.48 bits per heavy atom. The molecule has 1 heterocycles. The van der Waals surface area contributed by atoms with E-state index in [0.717, 1.165) is 5.57 Å². The maximum absolute atomic E-state index is 11.9. The standard InChI is InChI=1S/C19H26O6/c1-11(2)18(22)24-10-13-5-4-6-14(9-20)16(21)8-15-12(3)19(23)25-17(15)7-13/h6-7,11,15-17,20-21H,3-5,8-10H2,1-2H3/b13-7+,14-6-/t15-,16+,17+/m0/s1. The van der Waals surface area contributed by atoms with E-state index in [4.69, 9.17) is 9.47 Å². The maximum Gasteiger partial charge on any atom is 0.334 e. The zero-order chi connectivity index (χ0) is 18.6. The van der Waals surface area contributed by atoms with Gasteiger partial charge in [-0.1, -0.05) is 26.5 Å². The second-order valence-corrected chi connectivity index (χ2v) is 6.82. The number of allylic oxidation sites excluding steroid dienone is 1. The van der Waals surface area contributed by atoms with E-state index in [9.17, 15) is 19.8 Å². The molecule has 138 valence electrons. The Morgan fingerprint density at radius 3 is 2.84 bits per heavy atom. The number of hydrogen-bond acceptors (Lipinski definition) is 6. The minimum Gasteiger partial charge on any atom is -0.461 e. The third-order valence-corrected chi connectivity index (χ3v) is 4.58. The molecule has 3 atom stereocenters. The summed E-state index contributed by atoms with van der Waals surface area (Å²) in [5.74, 6) is -1.35. The lowest BCUT2D eigenvalue weighted by Crippen LogP contribution is -2.25. The first kappa shape index (κ1) is 19.4. The van der Waals surface area contributed by atoms with Gasteiger partial charge >= 0.3 is 11.9 Å². The van der Waals surface area contributed by atoms with E-state index < -0.39 is 18.2 Å². The highest BCUT2D eigenvalue weighted by Crippen LogP contribution is 2.34. The fourth-order valence-electron chi connectivity index (χ4n) is 2.96. The number of ether oxygens (including phenoxy) is 2. The molecular formula is C19H26O6. The zero-order valence-corrected chi connectivity index (χ0v) is 14.7. The van der Waals surface area contributed by atoms with Gasteiger partial charge in [0.05, 0.1) is 18.6 Å². The van der Waals surface area contributed by atoms with Crippen molar-refractivity contribution in [2.24, 2.45) is 11.8 Å². The fourth-order valence-corrected chi connectivity index (χ4v) is 2.96. The number of fused-ring (bicyclic) bond motifs is 1. The van der Waals surface area contributed by atoms with Crippen molar-refractivity contribution in [1.29, 1.82) is 0 Å². The SMILES string of the molecule is C=C1C(=O)O[C@@H]2/C=C(/COC(=O)C(C)C)CC/C=C(/CO)[C@H](O)C[C@@H]12. The molecule has 0 aromatic rings. The Balaban J connectivity index is 2.23. The highest BCUT2D eigenvalue weighted by molar-refractivity contribution is 5.91. The maximum atomic E-state index is 11.9. The Kier molecular flexibility index (Phi) is 6.56. The number of rotatable bonds is 4. The summed E-state index contributed by atoms with van der Waals surface area (Å²) in [7, 11) is 0. The van der Waals surface area contributed by atoms with Crippen molar-refractivity contribution in [2.45, 2.75) is 45.3 Å². The molecule has 0 saturated carbocycles. The predicted molar refractivity (Wildman–Crippen MR) is 91.4 cm³/mol. The average molecular weight is 350 g/mol. The van der Waals surface area contributed by atoms with Gasteiger partial charge in [-0.15, -0.1) is 0 Å². The van der Waals surface area contributed by atoms with Gasteiger partial charge in [-0.05, 0) is 36.5 Å². The molecule has 1 aliphatic carbocycles. The minimum atomic E-state index is -0.850. The van der Waals surface area contributed by atoms with Crippen molar-refractivity contribution in [3.05, 3.63) is 35.5 Å². The molecule has 1 fully saturated rings. The van der Waals surface area contributed by atoms with Crippen molar-refractivity contribution in [1.82, 2.24) is 0 Å². The Morgan fingerprint density at radius 2 is 2.20 bits per heavy atom.